The van der Waals surface area contributed by atoms with Gasteiger partial charge in [-0.25, -0.2) is 0 Å². The fourth-order valence-corrected chi connectivity index (χ4v) is 2.85. The van der Waals surface area contributed by atoms with Gasteiger partial charge in [0.2, 0.25) is 11.8 Å². The van der Waals surface area contributed by atoms with Crippen molar-refractivity contribution in [2.75, 3.05) is 0 Å². The Bertz CT molecular complexity index is 306. The second-order valence-corrected chi connectivity index (χ2v) is 3.94. The predicted octanol–water partition coefficient (Wildman–Crippen LogP) is -0.948. The van der Waals surface area contributed by atoms with Gasteiger partial charge in [0, 0.05) is 11.8 Å². The summed E-state index contributed by atoms with van der Waals surface area (Å²) in [5, 5.41) is 12.0. The van der Waals surface area contributed by atoms with Crippen LogP contribution in [0.15, 0.2) is 12.2 Å². The number of aliphatic hydroxyl groups is 1. The first kappa shape index (κ1) is 7.26. The summed E-state index contributed by atoms with van der Waals surface area (Å²) in [7, 11) is 0. The van der Waals surface area contributed by atoms with Crippen LogP contribution in [0.25, 0.3) is 0 Å². The molecule has 1 saturated heterocycles. The Labute approximate surface area is 74.6 Å². The maximum atomic E-state index is 11.3. The smallest absolute Gasteiger partial charge is 0.231 e. The summed E-state index contributed by atoms with van der Waals surface area (Å²) in [4.78, 5) is 22.6. The van der Waals surface area contributed by atoms with E-state index in [9.17, 15) is 14.7 Å². The highest BCUT2D eigenvalue weighted by Crippen LogP contribution is 2.50. The molecule has 4 heteroatoms. The molecule has 1 saturated carbocycles. The number of hydrogen-bond acceptors (Lipinski definition) is 3. The molecule has 68 valence electrons. The Hall–Kier alpha value is -1.16. The lowest BCUT2D eigenvalue weighted by Crippen LogP contribution is -2.29. The molecular formula is C9H9NO3. The van der Waals surface area contributed by atoms with Gasteiger partial charge >= 0.3 is 0 Å². The highest BCUT2D eigenvalue weighted by molar-refractivity contribution is 6.06. The number of imide groups is 1. The molecule has 0 aromatic heterocycles. The van der Waals surface area contributed by atoms with Gasteiger partial charge in [-0.15, -0.1) is 0 Å². The van der Waals surface area contributed by atoms with Crippen LogP contribution in [0, 0.1) is 23.7 Å². The molecule has 2 bridgehead atoms. The Morgan fingerprint density at radius 1 is 1.08 bits per heavy atom. The molecule has 2 N–H and O–H groups in total. The van der Waals surface area contributed by atoms with E-state index in [4.69, 9.17) is 0 Å². The first-order chi connectivity index (χ1) is 6.20. The number of aliphatic hydroxyl groups excluding tert-OH is 1. The van der Waals surface area contributed by atoms with Crippen molar-refractivity contribution >= 4 is 11.8 Å². The lowest BCUT2D eigenvalue weighted by atomic mass is 9.85. The van der Waals surface area contributed by atoms with Crippen molar-refractivity contribution < 1.29 is 14.7 Å². The highest BCUT2D eigenvalue weighted by atomic mass is 16.3. The third-order valence-electron chi connectivity index (χ3n) is 3.41. The van der Waals surface area contributed by atoms with E-state index in [0.29, 0.717) is 0 Å². The predicted molar refractivity (Wildman–Crippen MR) is 42.3 cm³/mol. The van der Waals surface area contributed by atoms with Crippen molar-refractivity contribution in [1.29, 1.82) is 0 Å². The zero-order valence-electron chi connectivity index (χ0n) is 6.81. The molecule has 13 heavy (non-hydrogen) atoms. The minimum atomic E-state index is -0.523. The third-order valence-corrected chi connectivity index (χ3v) is 3.41. The van der Waals surface area contributed by atoms with Crippen LogP contribution in [0.5, 0.6) is 0 Å². The van der Waals surface area contributed by atoms with Gasteiger partial charge in [0.1, 0.15) is 0 Å². The van der Waals surface area contributed by atoms with Gasteiger partial charge in [-0.2, -0.15) is 0 Å². The van der Waals surface area contributed by atoms with Crippen molar-refractivity contribution in [3.05, 3.63) is 12.2 Å². The quantitative estimate of drug-likeness (QED) is 0.372. The van der Waals surface area contributed by atoms with Crippen molar-refractivity contribution in [2.24, 2.45) is 23.7 Å². The van der Waals surface area contributed by atoms with E-state index in [2.05, 4.69) is 5.32 Å². The molecule has 0 radical (unpaired) electrons. The molecule has 1 heterocycles. The number of rotatable bonds is 0. The zero-order valence-corrected chi connectivity index (χ0v) is 6.81. The van der Waals surface area contributed by atoms with Crippen molar-refractivity contribution in [1.82, 2.24) is 5.32 Å². The molecule has 2 amide bonds. The van der Waals surface area contributed by atoms with Crippen LogP contribution in [0.4, 0.5) is 0 Å². The molecule has 0 spiro atoms. The molecule has 0 aromatic rings. The van der Waals surface area contributed by atoms with Gasteiger partial charge in [0.15, 0.2) is 0 Å². The standard InChI is InChI=1S/C9H9NO3/c11-7-3-1-2-4(7)6-5(3)8(12)10-9(6)13/h1-7,11H,(H,10,12,13)/t3-,4+,5+,6-,7?. The van der Waals surface area contributed by atoms with Gasteiger partial charge in [-0.05, 0) is 0 Å². The fourth-order valence-electron chi connectivity index (χ4n) is 2.85. The average molecular weight is 179 g/mol. The van der Waals surface area contributed by atoms with Gasteiger partial charge in [-0.1, -0.05) is 12.2 Å². The minimum absolute atomic E-state index is 0.138. The van der Waals surface area contributed by atoms with Crippen LogP contribution in [-0.4, -0.2) is 23.0 Å². The zero-order chi connectivity index (χ0) is 9.16. The summed E-state index contributed by atoms with van der Waals surface area (Å²) < 4.78 is 0. The number of carbonyl (C=O) groups excluding carboxylic acids is 2. The molecule has 3 aliphatic rings. The lowest BCUT2D eigenvalue weighted by molar-refractivity contribution is -0.127. The summed E-state index contributed by atoms with van der Waals surface area (Å²) in [5.41, 5.74) is 0. The number of amides is 2. The van der Waals surface area contributed by atoms with Gasteiger partial charge < -0.3 is 5.11 Å². The van der Waals surface area contributed by atoms with Gasteiger partial charge in [0.25, 0.3) is 0 Å². The third kappa shape index (κ3) is 0.659. The van der Waals surface area contributed by atoms with Crippen LogP contribution in [0.2, 0.25) is 0 Å². The van der Waals surface area contributed by atoms with Crippen LogP contribution in [0.1, 0.15) is 0 Å². The minimum Gasteiger partial charge on any atom is -0.392 e. The lowest BCUT2D eigenvalue weighted by Gasteiger charge is -2.13. The van der Waals surface area contributed by atoms with E-state index < -0.39 is 6.10 Å². The summed E-state index contributed by atoms with van der Waals surface area (Å²) in [6, 6.07) is 0. The van der Waals surface area contributed by atoms with E-state index in [1.54, 1.807) is 0 Å². The Balaban J connectivity index is 2.09. The molecule has 5 atom stereocenters. The normalized spacial score (nSPS) is 51.3. The molecule has 3 rings (SSSR count). The number of hydrogen-bond donors (Lipinski definition) is 2. The molecule has 4 nitrogen and oxygen atoms in total. The second kappa shape index (κ2) is 2.01. The van der Waals surface area contributed by atoms with Crippen LogP contribution in [0.3, 0.4) is 0 Å². The highest BCUT2D eigenvalue weighted by Gasteiger charge is 2.60. The summed E-state index contributed by atoms with van der Waals surface area (Å²) in [6.45, 7) is 0. The fraction of sp³-hybridized carbons (Fsp3) is 0.556. The Morgan fingerprint density at radius 2 is 1.54 bits per heavy atom. The molecule has 0 aromatic carbocycles. The van der Waals surface area contributed by atoms with E-state index >= 15 is 0 Å². The maximum absolute atomic E-state index is 11.3. The monoisotopic (exact) mass is 179 g/mol. The van der Waals surface area contributed by atoms with Gasteiger partial charge in [-0.3, -0.25) is 14.9 Å². The van der Waals surface area contributed by atoms with Crippen molar-refractivity contribution in [3.63, 3.8) is 0 Å². The Kier molecular flexibility index (Phi) is 1.12. The Morgan fingerprint density at radius 3 is 2.00 bits per heavy atom. The number of carbonyl (C=O) groups is 2. The molecule has 1 unspecified atom stereocenters. The van der Waals surface area contributed by atoms with Crippen molar-refractivity contribution in [3.8, 4) is 0 Å². The van der Waals surface area contributed by atoms with E-state index in [-0.39, 0.29) is 35.5 Å². The van der Waals surface area contributed by atoms with Crippen LogP contribution >= 0.6 is 0 Å². The molecular weight excluding hydrogens is 170 g/mol. The van der Waals surface area contributed by atoms with E-state index in [1.165, 1.54) is 0 Å². The average Bonchev–Trinajstić information content (AvgIpc) is 2.67. The van der Waals surface area contributed by atoms with E-state index in [1.807, 2.05) is 12.2 Å². The summed E-state index contributed by atoms with van der Waals surface area (Å²) in [5.74, 6) is -1.32. The molecule has 1 aliphatic heterocycles. The SMILES string of the molecule is O=C1NC(=O)[C@H]2[C@@H]1[C@H]1C=C[C@@H]2C1O. The topological polar surface area (TPSA) is 66.4 Å². The first-order valence-corrected chi connectivity index (χ1v) is 4.41. The van der Waals surface area contributed by atoms with Crippen LogP contribution < -0.4 is 5.32 Å². The second-order valence-electron chi connectivity index (χ2n) is 3.94. The summed E-state index contributed by atoms with van der Waals surface area (Å²) >= 11 is 0. The van der Waals surface area contributed by atoms with Crippen molar-refractivity contribution in [2.45, 2.75) is 6.10 Å². The number of fused-ring (bicyclic) bond motifs is 5. The van der Waals surface area contributed by atoms with Gasteiger partial charge in [0.05, 0.1) is 17.9 Å². The largest absolute Gasteiger partial charge is 0.392 e. The molecule has 2 aliphatic carbocycles. The number of nitrogens with one attached hydrogen (secondary N) is 1. The first-order valence-electron chi connectivity index (χ1n) is 4.41. The molecule has 2 fully saturated rings. The van der Waals surface area contributed by atoms with Crippen LogP contribution in [-0.2, 0) is 9.59 Å². The summed E-state index contributed by atoms with van der Waals surface area (Å²) in [6.07, 6.45) is 3.19. The maximum Gasteiger partial charge on any atom is 0.231 e. The van der Waals surface area contributed by atoms with E-state index in [0.717, 1.165) is 0 Å².